The standard InChI is InChI=1S/C22H31FN4O2S.C14H18FN3O4S/c1-15-24-27(22(28)25(15)2)13-17(23)12-26-18-6-7-19(26)11-21(10-18)30-14-16-4-8-20(29-3)9-5-16;1-10-4-6-13(7-5-10)23(20,21)22-9-12(15)8-18-14(19)17(3)11(2)16-18/h4-5,8-9,17-19,21H,6-7,10-14H2,1-3H3;4-7,12H,8-9H2,1-3H3/t17-,18?,19?,21?;12-/m10/s1. The summed E-state index contributed by atoms with van der Waals surface area (Å²) in [5.74, 6) is 2.94. The number of aryl methyl sites for hydroxylation is 3. The number of thioether (sulfide) groups is 1. The van der Waals surface area contributed by atoms with Crippen molar-refractivity contribution >= 4 is 21.9 Å². The van der Waals surface area contributed by atoms with Gasteiger partial charge >= 0.3 is 11.4 Å². The number of benzene rings is 2. The monoisotopic (exact) mass is 777 g/mol. The molecule has 290 valence electrons. The van der Waals surface area contributed by atoms with Gasteiger partial charge in [0.2, 0.25) is 0 Å². The molecule has 2 unspecified atom stereocenters. The Labute approximate surface area is 313 Å². The number of hydrogen-bond donors (Lipinski definition) is 0. The smallest absolute Gasteiger partial charge is 0.345 e. The molecule has 53 heavy (non-hydrogen) atoms. The summed E-state index contributed by atoms with van der Waals surface area (Å²) in [4.78, 5) is 26.1. The maximum absolute atomic E-state index is 14.8. The van der Waals surface area contributed by atoms with Crippen LogP contribution in [0.15, 0.2) is 63.0 Å². The number of nitrogens with zero attached hydrogens (tertiary/aromatic N) is 7. The Hall–Kier alpha value is -3.80. The van der Waals surface area contributed by atoms with E-state index in [0.29, 0.717) is 35.5 Å². The van der Waals surface area contributed by atoms with Crippen molar-refractivity contribution in [3.63, 3.8) is 0 Å². The third-order valence-corrected chi connectivity index (χ3v) is 12.5. The minimum atomic E-state index is -4.03. The molecule has 0 spiro atoms. The van der Waals surface area contributed by atoms with Crippen LogP contribution < -0.4 is 16.1 Å². The largest absolute Gasteiger partial charge is 0.497 e. The van der Waals surface area contributed by atoms with Crippen LogP contribution in [-0.2, 0) is 47.2 Å². The number of hydrogen-bond acceptors (Lipinski definition) is 10. The van der Waals surface area contributed by atoms with E-state index in [0.717, 1.165) is 47.4 Å². The molecule has 2 aromatic heterocycles. The first-order valence-electron chi connectivity index (χ1n) is 17.6. The van der Waals surface area contributed by atoms with Crippen molar-refractivity contribution in [2.75, 3.05) is 20.3 Å². The van der Waals surface area contributed by atoms with Gasteiger partial charge in [-0.3, -0.25) is 18.2 Å². The molecule has 2 saturated heterocycles. The molecule has 17 heteroatoms. The fourth-order valence-corrected chi connectivity index (χ4v) is 8.94. The Morgan fingerprint density at radius 3 is 1.83 bits per heavy atom. The van der Waals surface area contributed by atoms with Crippen LogP contribution in [0.5, 0.6) is 5.75 Å². The number of halogens is 2. The molecular weight excluding hydrogens is 729 g/mol. The highest BCUT2D eigenvalue weighted by Gasteiger charge is 2.41. The van der Waals surface area contributed by atoms with Crippen molar-refractivity contribution < 1.29 is 26.1 Å². The molecule has 2 aromatic carbocycles. The first kappa shape index (κ1) is 40.4. The summed E-state index contributed by atoms with van der Waals surface area (Å²) in [5.41, 5.74) is 1.51. The van der Waals surface area contributed by atoms with Crippen LogP contribution >= 0.6 is 11.8 Å². The maximum atomic E-state index is 14.8. The molecule has 2 fully saturated rings. The summed E-state index contributed by atoms with van der Waals surface area (Å²) in [6.45, 7) is 4.58. The molecule has 13 nitrogen and oxygen atoms in total. The number of ether oxygens (including phenoxy) is 1. The maximum Gasteiger partial charge on any atom is 0.345 e. The molecule has 2 bridgehead atoms. The molecule has 0 aliphatic carbocycles. The van der Waals surface area contributed by atoms with Crippen LogP contribution in [0.3, 0.4) is 0 Å². The van der Waals surface area contributed by atoms with Gasteiger partial charge in [0.15, 0.2) is 0 Å². The molecule has 0 saturated carbocycles. The Morgan fingerprint density at radius 2 is 1.34 bits per heavy atom. The number of alkyl halides is 2. The van der Waals surface area contributed by atoms with E-state index in [-0.39, 0.29) is 23.7 Å². The van der Waals surface area contributed by atoms with Crippen molar-refractivity contribution in [2.45, 2.75) is 99.9 Å². The zero-order valence-electron chi connectivity index (χ0n) is 31.0. The molecule has 0 N–H and O–H groups in total. The highest BCUT2D eigenvalue weighted by molar-refractivity contribution is 7.99. The van der Waals surface area contributed by atoms with Crippen LogP contribution in [0.25, 0.3) is 0 Å². The van der Waals surface area contributed by atoms with Crippen LogP contribution in [0, 0.1) is 20.8 Å². The topological polar surface area (TPSA) is 135 Å². The van der Waals surface area contributed by atoms with E-state index in [2.05, 4.69) is 27.2 Å². The molecule has 6 rings (SSSR count). The van der Waals surface area contributed by atoms with Gasteiger partial charge in [0, 0.05) is 43.7 Å². The molecule has 4 atom stereocenters. The summed E-state index contributed by atoms with van der Waals surface area (Å²) in [6.07, 6.45) is 1.78. The molecule has 4 heterocycles. The normalized spacial score (nSPS) is 19.8. The number of rotatable bonds is 14. The van der Waals surface area contributed by atoms with Crippen LogP contribution in [0.1, 0.15) is 48.5 Å². The van der Waals surface area contributed by atoms with Crippen molar-refractivity contribution in [1.82, 2.24) is 33.6 Å². The van der Waals surface area contributed by atoms with E-state index < -0.39 is 34.8 Å². The molecule has 2 aliphatic heterocycles. The van der Waals surface area contributed by atoms with Crippen LogP contribution in [-0.4, -0.2) is 92.0 Å². The van der Waals surface area contributed by atoms with Crippen molar-refractivity contribution in [1.29, 1.82) is 0 Å². The van der Waals surface area contributed by atoms with Gasteiger partial charge in [0.1, 0.15) is 29.7 Å². The van der Waals surface area contributed by atoms with Gasteiger partial charge < -0.3 is 4.74 Å². The predicted molar refractivity (Wildman–Crippen MR) is 199 cm³/mol. The van der Waals surface area contributed by atoms with Crippen molar-refractivity contribution in [3.8, 4) is 5.75 Å². The van der Waals surface area contributed by atoms with Gasteiger partial charge in [-0.05, 0) is 76.3 Å². The molecular formula is C36H49F2N7O6S2. The Bertz CT molecular complexity index is 2030. The van der Waals surface area contributed by atoms with E-state index in [1.165, 1.54) is 38.6 Å². The zero-order valence-corrected chi connectivity index (χ0v) is 32.7. The third-order valence-electron chi connectivity index (χ3n) is 9.87. The average molecular weight is 778 g/mol. The molecule has 0 radical (unpaired) electrons. The number of fused-ring (bicyclic) bond motifs is 2. The van der Waals surface area contributed by atoms with Gasteiger partial charge in [-0.25, -0.2) is 27.7 Å². The van der Waals surface area contributed by atoms with Crippen LogP contribution in [0.2, 0.25) is 0 Å². The van der Waals surface area contributed by atoms with Crippen molar-refractivity contribution in [2.24, 2.45) is 14.1 Å². The molecule has 2 aliphatic rings. The first-order valence-corrected chi connectivity index (χ1v) is 20.1. The minimum absolute atomic E-state index is 0.0338. The second-order valence-corrected chi connectivity index (χ2v) is 16.6. The minimum Gasteiger partial charge on any atom is -0.497 e. The summed E-state index contributed by atoms with van der Waals surface area (Å²) < 4.78 is 67.5. The average Bonchev–Trinajstić information content (AvgIpc) is 3.61. The first-order chi connectivity index (χ1) is 25.1. The lowest BCUT2D eigenvalue weighted by molar-refractivity contribution is 0.0965. The Kier molecular flexibility index (Phi) is 13.4. The number of methoxy groups -OCH3 is 1. The number of piperidine rings is 1. The van der Waals surface area contributed by atoms with Gasteiger partial charge in [-0.2, -0.15) is 30.4 Å². The van der Waals surface area contributed by atoms with E-state index in [1.54, 1.807) is 40.1 Å². The Morgan fingerprint density at radius 1 is 0.811 bits per heavy atom. The summed E-state index contributed by atoms with van der Waals surface area (Å²) in [5, 5.41) is 8.68. The van der Waals surface area contributed by atoms with E-state index in [9.17, 15) is 26.8 Å². The van der Waals surface area contributed by atoms with Gasteiger partial charge in [0.25, 0.3) is 10.1 Å². The number of aromatic nitrogens is 6. The highest BCUT2D eigenvalue weighted by Crippen LogP contribution is 2.41. The van der Waals surface area contributed by atoms with Crippen molar-refractivity contribution in [3.05, 3.63) is 92.3 Å². The summed E-state index contributed by atoms with van der Waals surface area (Å²) in [7, 11) is 0.845. The lowest BCUT2D eigenvalue weighted by Gasteiger charge is -2.39. The molecule has 4 aromatic rings. The third kappa shape index (κ3) is 10.2. The van der Waals surface area contributed by atoms with E-state index in [4.69, 9.17) is 8.92 Å². The lowest BCUT2D eigenvalue weighted by Crippen LogP contribution is -2.47. The fourth-order valence-electron chi connectivity index (χ4n) is 6.68. The SMILES string of the molecule is COc1ccc(CSC2CC3CCC(C2)N3C[C@@H](F)Cn2nc(C)n(C)c2=O)cc1.Cc1ccc(S(=O)(=O)OC[C@@H](F)Cn2nc(C)n(C)c2=O)cc1. The lowest BCUT2D eigenvalue weighted by atomic mass is 10.0. The highest BCUT2D eigenvalue weighted by atomic mass is 32.2. The quantitative estimate of drug-likeness (QED) is 0.172. The van der Waals surface area contributed by atoms with E-state index in [1.807, 2.05) is 30.8 Å². The summed E-state index contributed by atoms with van der Waals surface area (Å²) in [6, 6.07) is 15.2. The van der Waals surface area contributed by atoms with Gasteiger partial charge in [0.05, 0.1) is 31.7 Å². The van der Waals surface area contributed by atoms with Gasteiger partial charge in [-0.1, -0.05) is 29.8 Å². The zero-order chi connectivity index (χ0) is 38.4. The molecule has 0 amide bonds. The van der Waals surface area contributed by atoms with Gasteiger partial charge in [-0.15, -0.1) is 0 Å². The fraction of sp³-hybridized carbons (Fsp3) is 0.556. The second-order valence-electron chi connectivity index (χ2n) is 13.7. The Balaban J connectivity index is 0.000000212. The second kappa shape index (κ2) is 17.6. The predicted octanol–water partition coefficient (Wildman–Crippen LogP) is 4.11. The summed E-state index contributed by atoms with van der Waals surface area (Å²) >= 11 is 2.02. The van der Waals surface area contributed by atoms with Crippen LogP contribution in [0.4, 0.5) is 8.78 Å². The van der Waals surface area contributed by atoms with E-state index >= 15 is 0 Å².